The van der Waals surface area contributed by atoms with Crippen molar-refractivity contribution < 1.29 is 4.21 Å². The van der Waals surface area contributed by atoms with Gasteiger partial charge in [-0.3, -0.25) is 4.21 Å². The fourth-order valence-corrected chi connectivity index (χ4v) is 3.35. The second-order valence-corrected chi connectivity index (χ2v) is 6.71. The molecule has 0 fully saturated rings. The standard InChI is InChI=1S/C15H14ClN3OS/c16-11-3-1-10(2-4-11)8-21(20)9-15-18-13-6-5-12(17)7-14(13)19-15/h1-7H,8-9,17H2,(H,18,19). The molecule has 0 bridgehead atoms. The summed E-state index contributed by atoms with van der Waals surface area (Å²) in [4.78, 5) is 7.58. The van der Waals surface area contributed by atoms with Crippen molar-refractivity contribution in [3.63, 3.8) is 0 Å². The summed E-state index contributed by atoms with van der Waals surface area (Å²) in [5.41, 5.74) is 9.11. The molecule has 2 aromatic carbocycles. The van der Waals surface area contributed by atoms with Crippen LogP contribution in [0.2, 0.25) is 5.02 Å². The van der Waals surface area contributed by atoms with E-state index in [4.69, 9.17) is 17.3 Å². The molecule has 0 aliphatic rings. The van der Waals surface area contributed by atoms with Crippen molar-refractivity contribution in [1.82, 2.24) is 9.97 Å². The minimum Gasteiger partial charge on any atom is -0.399 e. The first kappa shape index (κ1) is 14.1. The zero-order chi connectivity index (χ0) is 14.8. The minimum atomic E-state index is -1.03. The van der Waals surface area contributed by atoms with Gasteiger partial charge in [0.05, 0.1) is 16.8 Å². The quantitative estimate of drug-likeness (QED) is 0.725. The molecule has 0 radical (unpaired) electrons. The van der Waals surface area contributed by atoms with Crippen LogP contribution in [0.4, 0.5) is 5.69 Å². The maximum Gasteiger partial charge on any atom is 0.119 e. The van der Waals surface area contributed by atoms with E-state index >= 15 is 0 Å². The zero-order valence-electron chi connectivity index (χ0n) is 11.2. The first-order valence-electron chi connectivity index (χ1n) is 6.44. The van der Waals surface area contributed by atoms with Gasteiger partial charge in [-0.1, -0.05) is 23.7 Å². The third-order valence-corrected chi connectivity index (χ3v) is 4.60. The van der Waals surface area contributed by atoms with Crippen LogP contribution in [-0.4, -0.2) is 14.2 Å². The van der Waals surface area contributed by atoms with E-state index in [1.54, 1.807) is 18.2 Å². The van der Waals surface area contributed by atoms with E-state index in [-0.39, 0.29) is 0 Å². The topological polar surface area (TPSA) is 71.8 Å². The lowest BCUT2D eigenvalue weighted by atomic mass is 10.2. The average Bonchev–Trinajstić information content (AvgIpc) is 2.82. The van der Waals surface area contributed by atoms with Crippen LogP contribution in [0.15, 0.2) is 42.5 Å². The highest BCUT2D eigenvalue weighted by Crippen LogP contribution is 2.17. The Balaban J connectivity index is 1.72. The Labute approximate surface area is 129 Å². The Hall–Kier alpha value is -1.85. The predicted octanol–water partition coefficient (Wildman–Crippen LogP) is 3.25. The van der Waals surface area contributed by atoms with Gasteiger partial charge in [-0.25, -0.2) is 4.98 Å². The van der Waals surface area contributed by atoms with Crippen LogP contribution in [0.1, 0.15) is 11.4 Å². The second-order valence-electron chi connectivity index (χ2n) is 4.82. The van der Waals surface area contributed by atoms with Crippen molar-refractivity contribution in [3.8, 4) is 0 Å². The zero-order valence-corrected chi connectivity index (χ0v) is 12.7. The molecule has 1 heterocycles. The monoisotopic (exact) mass is 319 g/mol. The van der Waals surface area contributed by atoms with Gasteiger partial charge in [-0.2, -0.15) is 0 Å². The van der Waals surface area contributed by atoms with E-state index in [9.17, 15) is 4.21 Å². The number of nitrogens with two attached hydrogens (primary N) is 1. The first-order chi connectivity index (χ1) is 10.1. The number of imidazole rings is 1. The van der Waals surface area contributed by atoms with Gasteiger partial charge in [0.1, 0.15) is 5.82 Å². The fourth-order valence-electron chi connectivity index (χ4n) is 2.12. The number of aromatic nitrogens is 2. The molecule has 0 spiro atoms. The maximum atomic E-state index is 12.2. The summed E-state index contributed by atoms with van der Waals surface area (Å²) in [6.45, 7) is 0. The SMILES string of the molecule is Nc1ccc2nc(CS(=O)Cc3ccc(Cl)cc3)[nH]c2c1. The summed E-state index contributed by atoms with van der Waals surface area (Å²) >= 11 is 5.83. The van der Waals surface area contributed by atoms with E-state index in [1.807, 2.05) is 24.3 Å². The van der Waals surface area contributed by atoms with E-state index in [1.165, 1.54) is 0 Å². The van der Waals surface area contributed by atoms with Gasteiger partial charge in [-0.05, 0) is 35.9 Å². The second kappa shape index (κ2) is 5.87. The predicted molar refractivity (Wildman–Crippen MR) is 87.5 cm³/mol. The van der Waals surface area contributed by atoms with Crippen LogP contribution in [-0.2, 0) is 22.3 Å². The van der Waals surface area contributed by atoms with Crippen molar-refractivity contribution in [1.29, 1.82) is 0 Å². The minimum absolute atomic E-state index is 0.386. The van der Waals surface area contributed by atoms with Crippen molar-refractivity contribution in [2.45, 2.75) is 11.5 Å². The molecule has 1 aromatic heterocycles. The number of hydrogen-bond donors (Lipinski definition) is 2. The fraction of sp³-hybridized carbons (Fsp3) is 0.133. The molecule has 1 unspecified atom stereocenters. The van der Waals surface area contributed by atoms with Gasteiger partial charge in [-0.15, -0.1) is 0 Å². The summed E-state index contributed by atoms with van der Waals surface area (Å²) in [5, 5.41) is 0.680. The van der Waals surface area contributed by atoms with Crippen molar-refractivity contribution in [3.05, 3.63) is 58.9 Å². The number of nitrogens with zero attached hydrogens (tertiary/aromatic N) is 1. The van der Waals surface area contributed by atoms with Gasteiger partial charge in [0.15, 0.2) is 0 Å². The molecule has 1 atom stereocenters. The van der Waals surface area contributed by atoms with Crippen LogP contribution in [0.5, 0.6) is 0 Å². The maximum absolute atomic E-state index is 12.2. The highest BCUT2D eigenvalue weighted by atomic mass is 35.5. The number of nitrogen functional groups attached to an aromatic ring is 1. The van der Waals surface area contributed by atoms with Crippen LogP contribution in [0.3, 0.4) is 0 Å². The Morgan fingerprint density at radius 2 is 1.90 bits per heavy atom. The molecular formula is C15H14ClN3OS. The summed E-state index contributed by atoms with van der Waals surface area (Å²) in [6.07, 6.45) is 0. The van der Waals surface area contributed by atoms with E-state index < -0.39 is 10.8 Å². The highest BCUT2D eigenvalue weighted by Gasteiger charge is 2.08. The molecule has 0 aliphatic carbocycles. The molecule has 4 nitrogen and oxygen atoms in total. The van der Waals surface area contributed by atoms with Gasteiger partial charge in [0.25, 0.3) is 0 Å². The number of anilines is 1. The Morgan fingerprint density at radius 3 is 2.67 bits per heavy atom. The average molecular weight is 320 g/mol. The summed E-state index contributed by atoms with van der Waals surface area (Å²) in [5.74, 6) is 1.58. The third-order valence-electron chi connectivity index (χ3n) is 3.09. The van der Waals surface area contributed by atoms with Crippen molar-refractivity contribution in [2.24, 2.45) is 0 Å². The molecule has 0 amide bonds. The Kier molecular flexibility index (Phi) is 3.94. The summed E-state index contributed by atoms with van der Waals surface area (Å²) in [7, 11) is -1.03. The number of nitrogens with one attached hydrogen (secondary N) is 1. The largest absolute Gasteiger partial charge is 0.399 e. The van der Waals surface area contributed by atoms with E-state index in [0.29, 0.717) is 28.0 Å². The lowest BCUT2D eigenvalue weighted by Crippen LogP contribution is -2.00. The van der Waals surface area contributed by atoms with Crippen LogP contribution >= 0.6 is 11.6 Å². The van der Waals surface area contributed by atoms with Gasteiger partial charge < -0.3 is 10.7 Å². The van der Waals surface area contributed by atoms with Crippen LogP contribution in [0, 0.1) is 0 Å². The number of benzene rings is 2. The molecule has 3 rings (SSSR count). The molecule has 3 N–H and O–H groups in total. The molecule has 0 saturated carbocycles. The molecule has 3 aromatic rings. The van der Waals surface area contributed by atoms with Crippen LogP contribution < -0.4 is 5.73 Å². The van der Waals surface area contributed by atoms with E-state index in [0.717, 1.165) is 16.6 Å². The van der Waals surface area contributed by atoms with Crippen molar-refractivity contribution in [2.75, 3.05) is 5.73 Å². The third kappa shape index (κ3) is 3.43. The Morgan fingerprint density at radius 1 is 1.14 bits per heavy atom. The van der Waals surface area contributed by atoms with Gasteiger partial charge in [0, 0.05) is 27.3 Å². The molecule has 0 saturated heterocycles. The normalized spacial score (nSPS) is 12.6. The first-order valence-corrected chi connectivity index (χ1v) is 8.30. The molecule has 6 heteroatoms. The van der Waals surface area contributed by atoms with Crippen molar-refractivity contribution >= 4 is 39.1 Å². The number of fused-ring (bicyclic) bond motifs is 1. The van der Waals surface area contributed by atoms with Gasteiger partial charge in [0.2, 0.25) is 0 Å². The lowest BCUT2D eigenvalue weighted by molar-refractivity contribution is 0.681. The van der Waals surface area contributed by atoms with E-state index in [2.05, 4.69) is 9.97 Å². The summed E-state index contributed by atoms with van der Waals surface area (Å²) < 4.78 is 12.2. The molecule has 108 valence electrons. The van der Waals surface area contributed by atoms with Gasteiger partial charge >= 0.3 is 0 Å². The summed E-state index contributed by atoms with van der Waals surface area (Å²) in [6, 6.07) is 12.9. The smallest absolute Gasteiger partial charge is 0.119 e. The lowest BCUT2D eigenvalue weighted by Gasteiger charge is -2.01. The molecule has 0 aliphatic heterocycles. The van der Waals surface area contributed by atoms with Crippen LogP contribution in [0.25, 0.3) is 11.0 Å². The molecule has 21 heavy (non-hydrogen) atoms. The number of halogens is 1. The number of H-pyrrole nitrogens is 1. The molecular weight excluding hydrogens is 306 g/mol. The Bertz CT molecular complexity index is 798. The number of rotatable bonds is 4. The number of hydrogen-bond acceptors (Lipinski definition) is 3. The number of aromatic amines is 1. The highest BCUT2D eigenvalue weighted by molar-refractivity contribution is 7.83.